The normalized spacial score (nSPS) is 10.7. The Morgan fingerprint density at radius 3 is 2.95 bits per heavy atom. The number of thioether (sulfide) groups is 1. The van der Waals surface area contributed by atoms with Gasteiger partial charge < -0.3 is 10.4 Å². The van der Waals surface area contributed by atoms with Crippen LogP contribution in [0.4, 0.5) is 11.5 Å². The molecule has 0 unspecified atom stereocenters. The molecule has 0 fully saturated rings. The Kier molecular flexibility index (Phi) is 5.70. The van der Waals surface area contributed by atoms with Crippen molar-refractivity contribution in [3.63, 3.8) is 0 Å². The SMILES string of the molecule is O=[N+]([O-])c1ccc2ncnc(NCCSCCCO)c2c1. The number of nitro groups is 1. The smallest absolute Gasteiger partial charge is 0.270 e. The van der Waals surface area contributed by atoms with Crippen molar-refractivity contribution < 1.29 is 10.0 Å². The van der Waals surface area contributed by atoms with E-state index in [4.69, 9.17) is 5.11 Å². The first-order chi connectivity index (χ1) is 10.2. The Morgan fingerprint density at radius 2 is 2.19 bits per heavy atom. The Hall–Kier alpha value is -1.93. The van der Waals surface area contributed by atoms with Crippen molar-refractivity contribution >= 4 is 34.2 Å². The fourth-order valence-corrected chi connectivity index (χ4v) is 2.59. The van der Waals surface area contributed by atoms with Gasteiger partial charge in [-0.25, -0.2) is 9.97 Å². The van der Waals surface area contributed by atoms with Crippen molar-refractivity contribution in [2.45, 2.75) is 6.42 Å². The summed E-state index contributed by atoms with van der Waals surface area (Å²) in [5, 5.41) is 23.3. The molecule has 2 aromatic rings. The zero-order valence-corrected chi connectivity index (χ0v) is 12.2. The third-order valence-corrected chi connectivity index (χ3v) is 3.89. The molecule has 1 heterocycles. The van der Waals surface area contributed by atoms with Crippen molar-refractivity contribution in [3.8, 4) is 0 Å². The third kappa shape index (κ3) is 4.27. The van der Waals surface area contributed by atoms with Crippen LogP contribution in [0.5, 0.6) is 0 Å². The Morgan fingerprint density at radius 1 is 1.33 bits per heavy atom. The summed E-state index contributed by atoms with van der Waals surface area (Å²) in [6, 6.07) is 4.54. The van der Waals surface area contributed by atoms with Gasteiger partial charge in [0.2, 0.25) is 0 Å². The summed E-state index contributed by atoms with van der Waals surface area (Å²) < 4.78 is 0. The number of hydrogen-bond acceptors (Lipinski definition) is 7. The number of aliphatic hydroxyl groups excluding tert-OH is 1. The van der Waals surface area contributed by atoms with Gasteiger partial charge in [-0.1, -0.05) is 0 Å². The zero-order valence-electron chi connectivity index (χ0n) is 11.4. The highest BCUT2D eigenvalue weighted by Gasteiger charge is 2.10. The van der Waals surface area contributed by atoms with Gasteiger partial charge >= 0.3 is 0 Å². The average molecular weight is 308 g/mol. The molecule has 7 nitrogen and oxygen atoms in total. The Balaban J connectivity index is 2.05. The number of rotatable bonds is 8. The first-order valence-electron chi connectivity index (χ1n) is 6.54. The zero-order chi connectivity index (χ0) is 15.1. The van der Waals surface area contributed by atoms with Crippen LogP contribution in [-0.2, 0) is 0 Å². The summed E-state index contributed by atoms with van der Waals surface area (Å²) >= 11 is 1.74. The minimum absolute atomic E-state index is 0.0256. The van der Waals surface area contributed by atoms with Crippen LogP contribution in [0.3, 0.4) is 0 Å². The monoisotopic (exact) mass is 308 g/mol. The molecule has 1 aromatic heterocycles. The number of fused-ring (bicyclic) bond motifs is 1. The van der Waals surface area contributed by atoms with Gasteiger partial charge in [-0.05, 0) is 18.2 Å². The molecule has 0 saturated carbocycles. The van der Waals surface area contributed by atoms with Gasteiger partial charge in [0, 0.05) is 36.4 Å². The second-order valence-electron chi connectivity index (χ2n) is 4.30. The summed E-state index contributed by atoms with van der Waals surface area (Å²) in [7, 11) is 0. The number of anilines is 1. The van der Waals surface area contributed by atoms with E-state index in [0.29, 0.717) is 23.3 Å². The van der Waals surface area contributed by atoms with Crippen LogP contribution in [0.2, 0.25) is 0 Å². The van der Waals surface area contributed by atoms with Crippen LogP contribution in [0.15, 0.2) is 24.5 Å². The van der Waals surface area contributed by atoms with Crippen molar-refractivity contribution in [1.82, 2.24) is 9.97 Å². The van der Waals surface area contributed by atoms with E-state index in [1.165, 1.54) is 18.5 Å². The minimum Gasteiger partial charge on any atom is -0.396 e. The second kappa shape index (κ2) is 7.75. The van der Waals surface area contributed by atoms with Gasteiger partial charge in [-0.3, -0.25) is 10.1 Å². The third-order valence-electron chi connectivity index (χ3n) is 2.82. The van der Waals surface area contributed by atoms with Crippen molar-refractivity contribution in [2.24, 2.45) is 0 Å². The highest BCUT2D eigenvalue weighted by molar-refractivity contribution is 7.99. The lowest BCUT2D eigenvalue weighted by atomic mass is 10.2. The Bertz CT molecular complexity index is 623. The van der Waals surface area contributed by atoms with E-state index >= 15 is 0 Å². The molecule has 2 rings (SSSR count). The van der Waals surface area contributed by atoms with Crippen LogP contribution >= 0.6 is 11.8 Å². The molecule has 0 spiro atoms. The second-order valence-corrected chi connectivity index (χ2v) is 5.52. The fourth-order valence-electron chi connectivity index (χ4n) is 1.81. The lowest BCUT2D eigenvalue weighted by Crippen LogP contribution is -2.07. The van der Waals surface area contributed by atoms with Gasteiger partial charge in [0.15, 0.2) is 0 Å². The summed E-state index contributed by atoms with van der Waals surface area (Å²) in [6.45, 7) is 0.908. The molecule has 112 valence electrons. The molecule has 0 aliphatic carbocycles. The number of non-ortho nitro benzene ring substituents is 1. The number of aromatic nitrogens is 2. The molecule has 8 heteroatoms. The molecule has 0 aliphatic heterocycles. The highest BCUT2D eigenvalue weighted by Crippen LogP contribution is 2.24. The number of hydrogen-bond donors (Lipinski definition) is 2. The van der Waals surface area contributed by atoms with Gasteiger partial charge in [0.25, 0.3) is 5.69 Å². The van der Waals surface area contributed by atoms with E-state index < -0.39 is 4.92 Å². The summed E-state index contributed by atoms with van der Waals surface area (Å²) in [6.07, 6.45) is 2.22. The molecule has 0 radical (unpaired) electrons. The van der Waals surface area contributed by atoms with Crippen molar-refractivity contribution in [3.05, 3.63) is 34.6 Å². The van der Waals surface area contributed by atoms with Crippen LogP contribution in [0.25, 0.3) is 10.9 Å². The van der Waals surface area contributed by atoms with E-state index in [2.05, 4.69) is 15.3 Å². The van der Waals surface area contributed by atoms with Gasteiger partial charge in [-0.2, -0.15) is 11.8 Å². The van der Waals surface area contributed by atoms with Gasteiger partial charge in [0.05, 0.1) is 10.4 Å². The van der Waals surface area contributed by atoms with E-state index in [9.17, 15) is 10.1 Å². The first kappa shape index (κ1) is 15.5. The summed E-state index contributed by atoms with van der Waals surface area (Å²) in [5.74, 6) is 2.39. The average Bonchev–Trinajstić information content (AvgIpc) is 2.50. The molecular formula is C13H16N4O3S. The molecule has 1 aromatic carbocycles. The highest BCUT2D eigenvalue weighted by atomic mass is 32.2. The van der Waals surface area contributed by atoms with Gasteiger partial charge in [-0.15, -0.1) is 0 Å². The topological polar surface area (TPSA) is 101 Å². The molecule has 2 N–H and O–H groups in total. The largest absolute Gasteiger partial charge is 0.396 e. The molecule has 0 amide bonds. The number of benzene rings is 1. The maximum Gasteiger partial charge on any atom is 0.270 e. The fraction of sp³-hybridized carbons (Fsp3) is 0.385. The van der Waals surface area contributed by atoms with Crippen LogP contribution in [0.1, 0.15) is 6.42 Å². The summed E-state index contributed by atoms with van der Waals surface area (Å²) in [5.41, 5.74) is 0.698. The van der Waals surface area contributed by atoms with Crippen LogP contribution in [0, 0.1) is 10.1 Å². The van der Waals surface area contributed by atoms with Gasteiger partial charge in [0.1, 0.15) is 12.1 Å². The van der Waals surface area contributed by atoms with E-state index in [0.717, 1.165) is 17.9 Å². The predicted molar refractivity (Wildman–Crippen MR) is 83.7 cm³/mol. The molecule has 0 bridgehead atoms. The number of nitrogens with zero attached hydrogens (tertiary/aromatic N) is 3. The molecule has 0 aliphatic rings. The number of nitro benzene ring substituents is 1. The summed E-state index contributed by atoms with van der Waals surface area (Å²) in [4.78, 5) is 18.7. The quantitative estimate of drug-likeness (QED) is 0.437. The van der Waals surface area contributed by atoms with Crippen LogP contribution in [-0.4, -0.2) is 44.7 Å². The molecular weight excluding hydrogens is 292 g/mol. The number of nitrogens with one attached hydrogen (secondary N) is 1. The molecule has 0 saturated heterocycles. The first-order valence-corrected chi connectivity index (χ1v) is 7.69. The maximum atomic E-state index is 10.8. The lowest BCUT2D eigenvalue weighted by molar-refractivity contribution is -0.384. The van der Waals surface area contributed by atoms with Crippen molar-refractivity contribution in [2.75, 3.05) is 30.0 Å². The standard InChI is InChI=1S/C13H16N4O3S/c18-5-1-6-21-7-4-14-13-11-8-10(17(19)20)2-3-12(11)15-9-16-13/h2-3,8-9,18H,1,4-7H2,(H,14,15,16). The predicted octanol–water partition coefficient (Wildman–Crippen LogP) is 2.07. The van der Waals surface area contributed by atoms with E-state index in [1.54, 1.807) is 17.8 Å². The molecule has 21 heavy (non-hydrogen) atoms. The van der Waals surface area contributed by atoms with Crippen LogP contribution < -0.4 is 5.32 Å². The maximum absolute atomic E-state index is 10.8. The minimum atomic E-state index is -0.430. The van der Waals surface area contributed by atoms with E-state index in [-0.39, 0.29) is 12.3 Å². The van der Waals surface area contributed by atoms with E-state index in [1.807, 2.05) is 0 Å². The van der Waals surface area contributed by atoms with Crippen molar-refractivity contribution in [1.29, 1.82) is 0 Å². The number of aliphatic hydroxyl groups is 1. The lowest BCUT2D eigenvalue weighted by Gasteiger charge is -2.07. The Labute approximate surface area is 125 Å². The molecule has 0 atom stereocenters.